The molecule has 6 heteroatoms. The SMILES string of the molecule is CCOc1ccc(NC(=O)COC(C)C(=O)O)cc1. The number of benzene rings is 1. The first kappa shape index (κ1) is 15.0. The standard InChI is InChI=1S/C13H17NO5/c1-3-18-11-6-4-10(5-7-11)14-12(15)8-19-9(2)13(16)17/h4-7,9H,3,8H2,1-2H3,(H,14,15)(H,16,17). The van der Waals surface area contributed by atoms with E-state index in [1.165, 1.54) is 6.92 Å². The molecule has 0 heterocycles. The van der Waals surface area contributed by atoms with Crippen LogP contribution < -0.4 is 10.1 Å². The molecule has 0 saturated carbocycles. The highest BCUT2D eigenvalue weighted by Gasteiger charge is 2.13. The van der Waals surface area contributed by atoms with Gasteiger partial charge < -0.3 is 19.9 Å². The van der Waals surface area contributed by atoms with E-state index in [0.717, 1.165) is 5.75 Å². The number of carbonyl (C=O) groups is 2. The summed E-state index contributed by atoms with van der Waals surface area (Å²) < 4.78 is 10.1. The number of aliphatic carboxylic acids is 1. The Balaban J connectivity index is 2.41. The van der Waals surface area contributed by atoms with Gasteiger partial charge in [0.15, 0.2) is 6.10 Å². The van der Waals surface area contributed by atoms with Gasteiger partial charge in [-0.15, -0.1) is 0 Å². The number of hydrogen-bond donors (Lipinski definition) is 2. The van der Waals surface area contributed by atoms with Crippen LogP contribution >= 0.6 is 0 Å². The van der Waals surface area contributed by atoms with Crippen LogP contribution in [0.15, 0.2) is 24.3 Å². The lowest BCUT2D eigenvalue weighted by molar-refractivity contribution is -0.150. The molecule has 1 unspecified atom stereocenters. The van der Waals surface area contributed by atoms with E-state index in [4.69, 9.17) is 14.6 Å². The molecule has 2 N–H and O–H groups in total. The molecular formula is C13H17NO5. The minimum Gasteiger partial charge on any atom is -0.494 e. The molecule has 1 aromatic carbocycles. The van der Waals surface area contributed by atoms with Gasteiger partial charge in [-0.25, -0.2) is 4.79 Å². The molecule has 1 rings (SSSR count). The summed E-state index contributed by atoms with van der Waals surface area (Å²) >= 11 is 0. The normalized spacial score (nSPS) is 11.7. The van der Waals surface area contributed by atoms with Crippen LogP contribution in [0.1, 0.15) is 13.8 Å². The van der Waals surface area contributed by atoms with Crippen LogP contribution in [0.5, 0.6) is 5.75 Å². The maximum atomic E-state index is 11.5. The number of nitrogens with one attached hydrogen (secondary N) is 1. The first-order chi connectivity index (χ1) is 9.02. The molecule has 19 heavy (non-hydrogen) atoms. The number of rotatable bonds is 7. The molecule has 0 spiro atoms. The number of carboxylic acid groups (broad SMARTS) is 1. The summed E-state index contributed by atoms with van der Waals surface area (Å²) in [5, 5.41) is 11.2. The van der Waals surface area contributed by atoms with Crippen LogP contribution in [0.25, 0.3) is 0 Å². The molecule has 1 aromatic rings. The molecule has 1 amide bonds. The van der Waals surface area contributed by atoms with Gasteiger partial charge >= 0.3 is 5.97 Å². The number of ether oxygens (including phenoxy) is 2. The van der Waals surface area contributed by atoms with Crippen molar-refractivity contribution >= 4 is 17.6 Å². The van der Waals surface area contributed by atoms with E-state index in [9.17, 15) is 9.59 Å². The molecule has 0 aliphatic heterocycles. The number of hydrogen-bond acceptors (Lipinski definition) is 4. The lowest BCUT2D eigenvalue weighted by Gasteiger charge is -2.09. The van der Waals surface area contributed by atoms with Crippen molar-refractivity contribution < 1.29 is 24.2 Å². The van der Waals surface area contributed by atoms with Gasteiger partial charge in [-0.1, -0.05) is 0 Å². The zero-order valence-corrected chi connectivity index (χ0v) is 10.9. The van der Waals surface area contributed by atoms with Crippen molar-refractivity contribution in [2.75, 3.05) is 18.5 Å². The van der Waals surface area contributed by atoms with Crippen LogP contribution in [-0.4, -0.2) is 36.3 Å². The minimum absolute atomic E-state index is 0.305. The highest BCUT2D eigenvalue weighted by molar-refractivity contribution is 5.91. The summed E-state index contributed by atoms with van der Waals surface area (Å²) in [6, 6.07) is 6.87. The van der Waals surface area contributed by atoms with Crippen molar-refractivity contribution in [3.8, 4) is 5.75 Å². The molecule has 0 radical (unpaired) electrons. The minimum atomic E-state index is -1.10. The van der Waals surface area contributed by atoms with Crippen molar-refractivity contribution in [1.29, 1.82) is 0 Å². The molecule has 0 saturated heterocycles. The highest BCUT2D eigenvalue weighted by atomic mass is 16.5. The van der Waals surface area contributed by atoms with Gasteiger partial charge in [0.05, 0.1) is 6.61 Å². The second-order valence-electron chi connectivity index (χ2n) is 3.80. The largest absolute Gasteiger partial charge is 0.494 e. The van der Waals surface area contributed by atoms with Gasteiger partial charge in [-0.05, 0) is 38.1 Å². The van der Waals surface area contributed by atoms with Crippen LogP contribution in [-0.2, 0) is 14.3 Å². The second-order valence-corrected chi connectivity index (χ2v) is 3.80. The molecule has 0 bridgehead atoms. The number of carboxylic acids is 1. The van der Waals surface area contributed by atoms with E-state index in [1.54, 1.807) is 24.3 Å². The van der Waals surface area contributed by atoms with E-state index in [0.29, 0.717) is 12.3 Å². The summed E-state index contributed by atoms with van der Waals surface area (Å²) in [4.78, 5) is 22.0. The molecule has 0 aliphatic carbocycles. The lowest BCUT2D eigenvalue weighted by Crippen LogP contribution is -2.26. The second kappa shape index (κ2) is 7.38. The van der Waals surface area contributed by atoms with E-state index < -0.39 is 18.0 Å². The van der Waals surface area contributed by atoms with Gasteiger partial charge in [0.25, 0.3) is 0 Å². The van der Waals surface area contributed by atoms with Gasteiger partial charge in [-0.3, -0.25) is 4.79 Å². The molecule has 6 nitrogen and oxygen atoms in total. The monoisotopic (exact) mass is 267 g/mol. The first-order valence-electron chi connectivity index (χ1n) is 5.90. The fourth-order valence-electron chi connectivity index (χ4n) is 1.27. The van der Waals surface area contributed by atoms with Gasteiger partial charge in [0.1, 0.15) is 12.4 Å². The maximum Gasteiger partial charge on any atom is 0.332 e. The zero-order valence-electron chi connectivity index (χ0n) is 10.9. The smallest absolute Gasteiger partial charge is 0.332 e. The van der Waals surface area contributed by atoms with Crippen LogP contribution in [0.3, 0.4) is 0 Å². The summed E-state index contributed by atoms with van der Waals surface area (Å²) in [5.74, 6) is -0.789. The van der Waals surface area contributed by atoms with Crippen molar-refractivity contribution in [3.05, 3.63) is 24.3 Å². The van der Waals surface area contributed by atoms with Crippen LogP contribution in [0, 0.1) is 0 Å². The molecule has 0 aromatic heterocycles. The third kappa shape index (κ3) is 5.39. The average Bonchev–Trinajstić information content (AvgIpc) is 2.38. The molecule has 0 fully saturated rings. The predicted octanol–water partition coefficient (Wildman–Crippen LogP) is 1.51. The zero-order chi connectivity index (χ0) is 14.3. The van der Waals surface area contributed by atoms with Crippen molar-refractivity contribution in [2.45, 2.75) is 20.0 Å². The summed E-state index contributed by atoms with van der Waals surface area (Å²) in [6.45, 7) is 3.52. The third-order valence-corrected chi connectivity index (χ3v) is 2.26. The lowest BCUT2D eigenvalue weighted by atomic mass is 10.3. The average molecular weight is 267 g/mol. The number of carbonyl (C=O) groups excluding carboxylic acids is 1. The van der Waals surface area contributed by atoms with E-state index >= 15 is 0 Å². The first-order valence-corrected chi connectivity index (χ1v) is 5.90. The molecule has 104 valence electrons. The Morgan fingerprint density at radius 1 is 1.32 bits per heavy atom. The Labute approximate surface area is 111 Å². The predicted molar refractivity (Wildman–Crippen MR) is 69.3 cm³/mol. The maximum absolute atomic E-state index is 11.5. The Bertz CT molecular complexity index is 429. The van der Waals surface area contributed by atoms with Gasteiger partial charge in [0.2, 0.25) is 5.91 Å². The Kier molecular flexibility index (Phi) is 5.81. The highest BCUT2D eigenvalue weighted by Crippen LogP contribution is 2.15. The van der Waals surface area contributed by atoms with E-state index in [-0.39, 0.29) is 6.61 Å². The fourth-order valence-corrected chi connectivity index (χ4v) is 1.27. The van der Waals surface area contributed by atoms with Crippen molar-refractivity contribution in [1.82, 2.24) is 0 Å². The van der Waals surface area contributed by atoms with E-state index in [1.807, 2.05) is 6.92 Å². The van der Waals surface area contributed by atoms with Crippen molar-refractivity contribution in [2.24, 2.45) is 0 Å². The molecule has 1 atom stereocenters. The topological polar surface area (TPSA) is 84.9 Å². The quantitative estimate of drug-likeness (QED) is 0.782. The molecular weight excluding hydrogens is 250 g/mol. The van der Waals surface area contributed by atoms with Gasteiger partial charge in [0, 0.05) is 5.69 Å². The van der Waals surface area contributed by atoms with Crippen LogP contribution in [0.2, 0.25) is 0 Å². The van der Waals surface area contributed by atoms with Crippen LogP contribution in [0.4, 0.5) is 5.69 Å². The third-order valence-electron chi connectivity index (χ3n) is 2.26. The number of anilines is 1. The number of amides is 1. The van der Waals surface area contributed by atoms with Gasteiger partial charge in [-0.2, -0.15) is 0 Å². The summed E-state index contributed by atoms with van der Waals surface area (Å²) in [6.07, 6.45) is -1.01. The summed E-state index contributed by atoms with van der Waals surface area (Å²) in [5.41, 5.74) is 0.597. The Morgan fingerprint density at radius 2 is 1.95 bits per heavy atom. The molecule has 0 aliphatic rings. The van der Waals surface area contributed by atoms with E-state index in [2.05, 4.69) is 5.32 Å². The summed E-state index contributed by atoms with van der Waals surface area (Å²) in [7, 11) is 0. The Hall–Kier alpha value is -2.08. The Morgan fingerprint density at radius 3 is 2.47 bits per heavy atom. The van der Waals surface area contributed by atoms with Crippen molar-refractivity contribution in [3.63, 3.8) is 0 Å². The fraction of sp³-hybridized carbons (Fsp3) is 0.385.